The molecule has 36 heavy (non-hydrogen) atoms. The molecule has 0 unspecified atom stereocenters. The number of carbonyl (C=O) groups excluding carboxylic acids is 2. The standard InChI is InChI=1S/C27H26ClN5O2S/c1-14-6-5-9-32-23(15(2)30-25(14)32)26(34)29-12-21-20-11-18(20)13-33(21)27(35)22-24(36-16(3)31-22)17-7-4-8-19(28)10-17/h4-10,18,20-21H,11-13H2,1-3H3,(H,29,34)/t18-,20-,21+/m0/s1. The summed E-state index contributed by atoms with van der Waals surface area (Å²) in [7, 11) is 0. The summed E-state index contributed by atoms with van der Waals surface area (Å²) in [6.07, 6.45) is 2.96. The van der Waals surface area contributed by atoms with E-state index in [0.29, 0.717) is 47.0 Å². The van der Waals surface area contributed by atoms with Crippen LogP contribution in [0.15, 0.2) is 42.6 Å². The van der Waals surface area contributed by atoms with Crippen LogP contribution in [0.4, 0.5) is 0 Å². The van der Waals surface area contributed by atoms with Gasteiger partial charge in [-0.25, -0.2) is 9.97 Å². The van der Waals surface area contributed by atoms with Crippen molar-refractivity contribution in [2.24, 2.45) is 11.8 Å². The molecule has 0 bridgehead atoms. The highest BCUT2D eigenvalue weighted by Crippen LogP contribution is 2.50. The smallest absolute Gasteiger partial charge is 0.274 e. The first kappa shape index (κ1) is 23.2. The molecule has 3 aromatic heterocycles. The Bertz CT molecular complexity index is 1530. The number of benzene rings is 1. The summed E-state index contributed by atoms with van der Waals surface area (Å²) in [6, 6.07) is 11.4. The number of carbonyl (C=O) groups is 2. The summed E-state index contributed by atoms with van der Waals surface area (Å²) < 4.78 is 1.84. The van der Waals surface area contributed by atoms with Gasteiger partial charge in [-0.05, 0) is 68.4 Å². The van der Waals surface area contributed by atoms with Gasteiger partial charge in [-0.2, -0.15) is 0 Å². The van der Waals surface area contributed by atoms with E-state index in [1.165, 1.54) is 11.3 Å². The van der Waals surface area contributed by atoms with Crippen LogP contribution in [-0.4, -0.2) is 50.2 Å². The van der Waals surface area contributed by atoms with E-state index in [1.54, 1.807) is 0 Å². The number of likely N-dealkylation sites (tertiary alicyclic amines) is 1. The van der Waals surface area contributed by atoms with Gasteiger partial charge >= 0.3 is 0 Å². The first-order chi connectivity index (χ1) is 17.3. The molecule has 0 radical (unpaired) electrons. The van der Waals surface area contributed by atoms with Crippen LogP contribution in [0.5, 0.6) is 0 Å². The number of piperidine rings is 1. The molecule has 1 aliphatic carbocycles. The number of halogens is 1. The van der Waals surface area contributed by atoms with Crippen molar-refractivity contribution in [3.05, 3.63) is 75.3 Å². The molecule has 7 nitrogen and oxygen atoms in total. The molecule has 6 rings (SSSR count). The minimum absolute atomic E-state index is 0.0538. The molecule has 1 saturated heterocycles. The van der Waals surface area contributed by atoms with Crippen LogP contribution in [0.25, 0.3) is 16.1 Å². The molecule has 1 N–H and O–H groups in total. The van der Waals surface area contributed by atoms with Gasteiger partial charge in [-0.3, -0.25) is 14.0 Å². The molecule has 2 aliphatic rings. The predicted molar refractivity (Wildman–Crippen MR) is 141 cm³/mol. The van der Waals surface area contributed by atoms with Crippen molar-refractivity contribution in [2.75, 3.05) is 13.1 Å². The van der Waals surface area contributed by atoms with Crippen LogP contribution in [-0.2, 0) is 0 Å². The van der Waals surface area contributed by atoms with Crippen molar-refractivity contribution < 1.29 is 9.59 Å². The highest BCUT2D eigenvalue weighted by molar-refractivity contribution is 7.15. The maximum atomic E-state index is 13.8. The number of amides is 2. The zero-order valence-corrected chi connectivity index (χ0v) is 21.9. The second-order valence-electron chi connectivity index (χ2n) is 9.75. The predicted octanol–water partition coefficient (Wildman–Crippen LogP) is 4.93. The SMILES string of the molecule is Cc1nc(C(=O)N2C[C@@H]3C[C@@H]3[C@H]2CNC(=O)c2c(C)nc3c(C)cccn23)c(-c2cccc(Cl)c2)s1. The molecule has 4 heterocycles. The summed E-state index contributed by atoms with van der Waals surface area (Å²) >= 11 is 7.72. The zero-order chi connectivity index (χ0) is 25.1. The van der Waals surface area contributed by atoms with E-state index >= 15 is 0 Å². The molecular formula is C27H26ClN5O2S. The number of aryl methyl sites for hydroxylation is 3. The average molecular weight is 520 g/mol. The van der Waals surface area contributed by atoms with E-state index in [-0.39, 0.29) is 17.9 Å². The summed E-state index contributed by atoms with van der Waals surface area (Å²) in [6.45, 7) is 6.85. The Morgan fingerprint density at radius 3 is 2.81 bits per heavy atom. The molecule has 0 spiro atoms. The maximum Gasteiger partial charge on any atom is 0.274 e. The number of pyridine rings is 1. The Hall–Kier alpha value is -3.23. The fourth-order valence-corrected chi connectivity index (χ4v) is 6.57. The number of thiazole rings is 1. The van der Waals surface area contributed by atoms with Gasteiger partial charge in [0.2, 0.25) is 0 Å². The van der Waals surface area contributed by atoms with Gasteiger partial charge in [-0.1, -0.05) is 29.8 Å². The minimum Gasteiger partial charge on any atom is -0.349 e. The number of nitrogens with one attached hydrogen (secondary N) is 1. The highest BCUT2D eigenvalue weighted by Gasteiger charge is 2.54. The molecule has 1 aromatic carbocycles. The van der Waals surface area contributed by atoms with Gasteiger partial charge < -0.3 is 10.2 Å². The fraction of sp³-hybridized carbons (Fsp3) is 0.333. The van der Waals surface area contributed by atoms with Crippen molar-refractivity contribution in [3.63, 3.8) is 0 Å². The zero-order valence-electron chi connectivity index (χ0n) is 20.3. The summed E-state index contributed by atoms with van der Waals surface area (Å²) in [5.74, 6) is 0.646. The van der Waals surface area contributed by atoms with Gasteiger partial charge in [0.1, 0.15) is 17.0 Å². The first-order valence-corrected chi connectivity index (χ1v) is 13.3. The number of aromatic nitrogens is 3. The van der Waals surface area contributed by atoms with Crippen LogP contribution >= 0.6 is 22.9 Å². The monoisotopic (exact) mass is 519 g/mol. The number of imidazole rings is 1. The Balaban J connectivity index is 1.24. The van der Waals surface area contributed by atoms with Crippen molar-refractivity contribution in [1.82, 2.24) is 24.6 Å². The van der Waals surface area contributed by atoms with Gasteiger partial charge in [0.25, 0.3) is 11.8 Å². The Morgan fingerprint density at radius 2 is 2.00 bits per heavy atom. The third-order valence-electron chi connectivity index (χ3n) is 7.29. The van der Waals surface area contributed by atoms with Crippen LogP contribution in [0.3, 0.4) is 0 Å². The number of hydrogen-bond donors (Lipinski definition) is 1. The number of fused-ring (bicyclic) bond motifs is 2. The number of hydrogen-bond acceptors (Lipinski definition) is 5. The van der Waals surface area contributed by atoms with Gasteiger partial charge in [0.05, 0.1) is 21.6 Å². The van der Waals surface area contributed by atoms with E-state index < -0.39 is 0 Å². The molecule has 2 amide bonds. The van der Waals surface area contributed by atoms with E-state index in [9.17, 15) is 9.59 Å². The fourth-order valence-electron chi connectivity index (χ4n) is 5.47. The van der Waals surface area contributed by atoms with Crippen molar-refractivity contribution >= 4 is 40.4 Å². The van der Waals surface area contributed by atoms with Crippen LogP contribution in [0, 0.1) is 32.6 Å². The Morgan fingerprint density at radius 1 is 1.17 bits per heavy atom. The lowest BCUT2D eigenvalue weighted by Gasteiger charge is -2.27. The lowest BCUT2D eigenvalue weighted by molar-refractivity contribution is 0.0690. The molecular weight excluding hydrogens is 494 g/mol. The van der Waals surface area contributed by atoms with E-state index in [0.717, 1.165) is 33.1 Å². The molecule has 184 valence electrons. The van der Waals surface area contributed by atoms with E-state index in [1.807, 2.05) is 72.7 Å². The molecule has 4 aromatic rings. The highest BCUT2D eigenvalue weighted by atomic mass is 35.5. The largest absolute Gasteiger partial charge is 0.349 e. The molecule has 9 heteroatoms. The second kappa shape index (κ2) is 8.71. The lowest BCUT2D eigenvalue weighted by atomic mass is 10.1. The maximum absolute atomic E-state index is 13.8. The molecule has 1 saturated carbocycles. The average Bonchev–Trinajstić information content (AvgIpc) is 3.17. The van der Waals surface area contributed by atoms with Crippen molar-refractivity contribution in [2.45, 2.75) is 33.2 Å². The Kier molecular flexibility index (Phi) is 5.61. The van der Waals surface area contributed by atoms with E-state index in [4.69, 9.17) is 11.6 Å². The summed E-state index contributed by atoms with van der Waals surface area (Å²) in [4.78, 5) is 39.0. The number of nitrogens with zero attached hydrogens (tertiary/aromatic N) is 4. The number of rotatable bonds is 5. The summed E-state index contributed by atoms with van der Waals surface area (Å²) in [5, 5.41) is 4.56. The molecule has 3 atom stereocenters. The molecule has 1 aliphatic heterocycles. The van der Waals surface area contributed by atoms with Crippen LogP contribution in [0.2, 0.25) is 5.02 Å². The normalized spacial score (nSPS) is 20.6. The third-order valence-corrected chi connectivity index (χ3v) is 8.55. The van der Waals surface area contributed by atoms with E-state index in [2.05, 4.69) is 15.3 Å². The topological polar surface area (TPSA) is 79.6 Å². The quantitative estimate of drug-likeness (QED) is 0.405. The van der Waals surface area contributed by atoms with Gasteiger partial charge in [-0.15, -0.1) is 11.3 Å². The Labute approximate surface area is 218 Å². The van der Waals surface area contributed by atoms with Gasteiger partial charge in [0.15, 0.2) is 0 Å². The van der Waals surface area contributed by atoms with Gasteiger partial charge in [0, 0.05) is 24.3 Å². The van der Waals surface area contributed by atoms with Crippen LogP contribution in [0.1, 0.15) is 43.7 Å². The first-order valence-electron chi connectivity index (χ1n) is 12.1. The molecule has 2 fully saturated rings. The van der Waals surface area contributed by atoms with Crippen LogP contribution < -0.4 is 5.32 Å². The van der Waals surface area contributed by atoms with Crippen molar-refractivity contribution in [1.29, 1.82) is 0 Å². The third kappa shape index (κ3) is 3.89. The lowest BCUT2D eigenvalue weighted by Crippen LogP contribution is -2.46. The van der Waals surface area contributed by atoms with Crippen molar-refractivity contribution in [3.8, 4) is 10.4 Å². The minimum atomic E-state index is -0.175. The summed E-state index contributed by atoms with van der Waals surface area (Å²) in [5.41, 5.74) is 4.38. The second-order valence-corrected chi connectivity index (χ2v) is 11.4.